The van der Waals surface area contributed by atoms with E-state index in [2.05, 4.69) is 48.5 Å². The fraction of sp³-hybridized carbons (Fsp3) is 0.269. The Labute approximate surface area is 171 Å². The molecule has 1 spiro atoms. The van der Waals surface area contributed by atoms with E-state index in [1.165, 1.54) is 22.3 Å². The lowest BCUT2D eigenvalue weighted by Crippen LogP contribution is -2.34. The van der Waals surface area contributed by atoms with Crippen molar-refractivity contribution in [1.82, 2.24) is 0 Å². The second-order valence-electron chi connectivity index (χ2n) is 8.83. The molecule has 1 aliphatic carbocycles. The molecule has 1 heterocycles. The van der Waals surface area contributed by atoms with Gasteiger partial charge in [-0.05, 0) is 72.7 Å². The Bertz CT molecular complexity index is 1080. The summed E-state index contributed by atoms with van der Waals surface area (Å²) in [6, 6.07) is 22.7. The van der Waals surface area contributed by atoms with Crippen LogP contribution in [-0.2, 0) is 28.1 Å². The van der Waals surface area contributed by atoms with Gasteiger partial charge in [-0.1, -0.05) is 54.6 Å². The monoisotopic (exact) mass is 384 g/mol. The third-order valence-corrected chi connectivity index (χ3v) is 5.74. The van der Waals surface area contributed by atoms with Gasteiger partial charge < -0.3 is 9.47 Å². The van der Waals surface area contributed by atoms with Crippen molar-refractivity contribution in [2.45, 2.75) is 45.0 Å². The van der Waals surface area contributed by atoms with Crippen molar-refractivity contribution < 1.29 is 14.3 Å². The first-order valence-corrected chi connectivity index (χ1v) is 10.1. The van der Waals surface area contributed by atoms with Gasteiger partial charge in [0.1, 0.15) is 11.2 Å². The third kappa shape index (κ3) is 2.80. The first-order valence-electron chi connectivity index (χ1n) is 10.1. The van der Waals surface area contributed by atoms with Gasteiger partial charge in [-0.15, -0.1) is 0 Å². The molecule has 0 saturated heterocycles. The molecule has 0 radical (unpaired) electrons. The van der Waals surface area contributed by atoms with Crippen LogP contribution in [0.5, 0.6) is 0 Å². The van der Waals surface area contributed by atoms with Crippen LogP contribution < -0.4 is 0 Å². The molecule has 3 nitrogen and oxygen atoms in total. The summed E-state index contributed by atoms with van der Waals surface area (Å²) in [5.41, 5.74) is 6.36. The Morgan fingerprint density at radius 3 is 2.10 bits per heavy atom. The Kier molecular flexibility index (Phi) is 3.94. The van der Waals surface area contributed by atoms with Crippen molar-refractivity contribution >= 4 is 5.97 Å². The SMILES string of the molecule is CC(C)(C)OC(=O)c1ccc2c(c1)C1(OC2)c2ccccc2Cc2ccccc21. The Balaban J connectivity index is 1.72. The highest BCUT2D eigenvalue weighted by Crippen LogP contribution is 2.52. The molecule has 0 saturated carbocycles. The second kappa shape index (κ2) is 6.30. The summed E-state index contributed by atoms with van der Waals surface area (Å²) < 4.78 is 12.2. The molecular formula is C26H24O3. The summed E-state index contributed by atoms with van der Waals surface area (Å²) in [6.45, 7) is 6.18. The van der Waals surface area contributed by atoms with Crippen LogP contribution in [0.4, 0.5) is 0 Å². The number of carbonyl (C=O) groups is 1. The number of carbonyl (C=O) groups excluding carboxylic acids is 1. The van der Waals surface area contributed by atoms with E-state index in [4.69, 9.17) is 9.47 Å². The molecule has 0 unspecified atom stereocenters. The highest BCUT2D eigenvalue weighted by Gasteiger charge is 2.48. The summed E-state index contributed by atoms with van der Waals surface area (Å²) in [5, 5.41) is 0. The number of hydrogen-bond acceptors (Lipinski definition) is 3. The predicted molar refractivity (Wildman–Crippen MR) is 112 cm³/mol. The molecule has 3 aromatic rings. The largest absolute Gasteiger partial charge is 0.456 e. The van der Waals surface area contributed by atoms with Gasteiger partial charge in [0.25, 0.3) is 0 Å². The van der Waals surface area contributed by atoms with Crippen molar-refractivity contribution in [3.05, 3.63) is 106 Å². The minimum atomic E-state index is -0.682. The minimum Gasteiger partial charge on any atom is -0.456 e. The highest BCUT2D eigenvalue weighted by atomic mass is 16.6. The number of rotatable bonds is 1. The molecule has 0 aromatic heterocycles. The maximum Gasteiger partial charge on any atom is 0.338 e. The fourth-order valence-electron chi connectivity index (χ4n) is 4.59. The topological polar surface area (TPSA) is 35.5 Å². The Morgan fingerprint density at radius 2 is 1.48 bits per heavy atom. The van der Waals surface area contributed by atoms with Crippen molar-refractivity contribution in [2.75, 3.05) is 0 Å². The smallest absolute Gasteiger partial charge is 0.338 e. The molecule has 5 rings (SSSR count). The van der Waals surface area contributed by atoms with E-state index >= 15 is 0 Å². The van der Waals surface area contributed by atoms with E-state index in [0.29, 0.717) is 12.2 Å². The van der Waals surface area contributed by atoms with Crippen LogP contribution in [-0.4, -0.2) is 11.6 Å². The zero-order valence-corrected chi connectivity index (χ0v) is 17.0. The molecule has 0 N–H and O–H groups in total. The van der Waals surface area contributed by atoms with E-state index in [1.54, 1.807) is 0 Å². The van der Waals surface area contributed by atoms with E-state index < -0.39 is 11.2 Å². The van der Waals surface area contributed by atoms with Crippen LogP contribution in [0.1, 0.15) is 64.5 Å². The average Bonchev–Trinajstić information content (AvgIpc) is 3.06. The van der Waals surface area contributed by atoms with Crippen LogP contribution in [0.15, 0.2) is 66.7 Å². The first kappa shape index (κ1) is 18.1. The minimum absolute atomic E-state index is 0.306. The molecule has 0 amide bonds. The summed E-state index contributed by atoms with van der Waals surface area (Å²) in [7, 11) is 0. The molecular weight excluding hydrogens is 360 g/mol. The zero-order valence-electron chi connectivity index (χ0n) is 17.0. The van der Waals surface area contributed by atoms with Gasteiger partial charge in [-0.3, -0.25) is 0 Å². The number of benzene rings is 3. The molecule has 3 aromatic carbocycles. The molecule has 1 aliphatic heterocycles. The summed E-state index contributed by atoms with van der Waals surface area (Å²) in [4.78, 5) is 12.8. The molecule has 0 fully saturated rings. The zero-order chi connectivity index (χ0) is 20.2. The van der Waals surface area contributed by atoms with Crippen molar-refractivity contribution in [3.8, 4) is 0 Å². The van der Waals surface area contributed by atoms with Gasteiger partial charge >= 0.3 is 5.97 Å². The van der Waals surface area contributed by atoms with Gasteiger partial charge in [-0.2, -0.15) is 0 Å². The van der Waals surface area contributed by atoms with Crippen molar-refractivity contribution in [2.24, 2.45) is 0 Å². The lowest BCUT2D eigenvalue weighted by atomic mass is 9.71. The molecule has 0 bridgehead atoms. The predicted octanol–water partition coefficient (Wildman–Crippen LogP) is 5.37. The van der Waals surface area contributed by atoms with Crippen LogP contribution >= 0.6 is 0 Å². The third-order valence-electron chi connectivity index (χ3n) is 5.74. The standard InChI is InChI=1S/C26H24O3/c1-25(2,3)29-24(27)19-12-13-20-16-28-26(23(20)15-19)21-10-6-4-8-17(21)14-18-9-5-7-11-22(18)26/h4-13,15H,14,16H2,1-3H3. The van der Waals surface area contributed by atoms with Gasteiger partial charge in [0.15, 0.2) is 0 Å². The lowest BCUT2D eigenvalue weighted by molar-refractivity contribution is 0.00687. The Hall–Kier alpha value is -2.91. The highest BCUT2D eigenvalue weighted by molar-refractivity contribution is 5.90. The van der Waals surface area contributed by atoms with E-state index in [-0.39, 0.29) is 5.97 Å². The van der Waals surface area contributed by atoms with E-state index in [9.17, 15) is 4.79 Å². The summed E-state index contributed by atoms with van der Waals surface area (Å²) in [6.07, 6.45) is 0.887. The van der Waals surface area contributed by atoms with E-state index in [0.717, 1.165) is 17.5 Å². The molecule has 2 aliphatic rings. The molecule has 3 heteroatoms. The van der Waals surface area contributed by atoms with Crippen LogP contribution in [0.3, 0.4) is 0 Å². The molecule has 146 valence electrons. The lowest BCUT2D eigenvalue weighted by Gasteiger charge is -2.38. The van der Waals surface area contributed by atoms with E-state index in [1.807, 2.05) is 39.0 Å². The first-order chi connectivity index (χ1) is 13.9. The summed E-state index contributed by atoms with van der Waals surface area (Å²) >= 11 is 0. The number of esters is 1. The average molecular weight is 384 g/mol. The normalized spacial score (nSPS) is 16.1. The quantitative estimate of drug-likeness (QED) is 0.529. The van der Waals surface area contributed by atoms with Crippen LogP contribution in [0, 0.1) is 0 Å². The van der Waals surface area contributed by atoms with Crippen LogP contribution in [0.25, 0.3) is 0 Å². The van der Waals surface area contributed by atoms with Gasteiger partial charge in [0.2, 0.25) is 0 Å². The molecule has 29 heavy (non-hydrogen) atoms. The van der Waals surface area contributed by atoms with Crippen molar-refractivity contribution in [3.63, 3.8) is 0 Å². The number of hydrogen-bond donors (Lipinski definition) is 0. The van der Waals surface area contributed by atoms with Gasteiger partial charge in [-0.25, -0.2) is 4.79 Å². The Morgan fingerprint density at radius 1 is 0.862 bits per heavy atom. The number of ether oxygens (including phenoxy) is 2. The van der Waals surface area contributed by atoms with Gasteiger partial charge in [0.05, 0.1) is 12.2 Å². The maximum absolute atomic E-state index is 12.8. The number of fused-ring (bicyclic) bond motifs is 6. The summed E-state index contributed by atoms with van der Waals surface area (Å²) in [5.74, 6) is -0.306. The van der Waals surface area contributed by atoms with Crippen molar-refractivity contribution in [1.29, 1.82) is 0 Å². The fourth-order valence-corrected chi connectivity index (χ4v) is 4.59. The molecule has 0 atom stereocenters. The second-order valence-corrected chi connectivity index (χ2v) is 8.83. The maximum atomic E-state index is 12.8. The van der Waals surface area contributed by atoms with Crippen LogP contribution in [0.2, 0.25) is 0 Å². The van der Waals surface area contributed by atoms with Gasteiger partial charge in [0, 0.05) is 0 Å².